The van der Waals surface area contributed by atoms with Crippen LogP contribution in [0, 0.1) is 0 Å². The van der Waals surface area contributed by atoms with Gasteiger partial charge in [0.2, 0.25) is 5.91 Å². The number of pyridine rings is 1. The van der Waals surface area contributed by atoms with Gasteiger partial charge in [0, 0.05) is 32.4 Å². The van der Waals surface area contributed by atoms with Crippen molar-refractivity contribution in [3.05, 3.63) is 29.6 Å². The van der Waals surface area contributed by atoms with E-state index >= 15 is 0 Å². The first-order chi connectivity index (χ1) is 9.99. The predicted molar refractivity (Wildman–Crippen MR) is 87.4 cm³/mol. The highest BCUT2D eigenvalue weighted by molar-refractivity contribution is 5.75. The normalized spacial score (nSPS) is 10.9. The molecule has 0 aromatic carbocycles. The van der Waals surface area contributed by atoms with Crippen LogP contribution < -0.4 is 0 Å². The van der Waals surface area contributed by atoms with Crippen molar-refractivity contribution in [3.63, 3.8) is 0 Å². The third kappa shape index (κ3) is 7.81. The molecule has 4 nitrogen and oxygen atoms in total. The van der Waals surface area contributed by atoms with Crippen LogP contribution in [0.5, 0.6) is 0 Å². The van der Waals surface area contributed by atoms with Crippen LogP contribution in [0.15, 0.2) is 18.3 Å². The summed E-state index contributed by atoms with van der Waals surface area (Å²) in [6, 6.07) is 4.29. The van der Waals surface area contributed by atoms with Crippen molar-refractivity contribution >= 4 is 5.91 Å². The summed E-state index contributed by atoms with van der Waals surface area (Å²) in [6.45, 7) is 1.14. The monoisotopic (exact) mass is 291 g/mol. The highest BCUT2D eigenvalue weighted by Crippen LogP contribution is 2.09. The number of hydrogen-bond donors (Lipinski definition) is 0. The molecule has 1 heterocycles. The Bertz CT molecular complexity index is 430. The summed E-state index contributed by atoms with van der Waals surface area (Å²) in [5.74, 6) is 0.190. The number of unbranched alkanes of at least 4 members (excludes halogenated alkanes) is 1. The first-order valence-corrected chi connectivity index (χ1v) is 7.77. The molecule has 1 aromatic heterocycles. The maximum atomic E-state index is 11.5. The molecule has 0 fully saturated rings. The van der Waals surface area contributed by atoms with Crippen LogP contribution in [-0.2, 0) is 17.6 Å². The van der Waals surface area contributed by atoms with E-state index in [0.29, 0.717) is 6.42 Å². The first kappa shape index (κ1) is 17.6. The number of amides is 1. The van der Waals surface area contributed by atoms with Gasteiger partial charge in [-0.3, -0.25) is 9.78 Å². The van der Waals surface area contributed by atoms with Crippen molar-refractivity contribution in [1.82, 2.24) is 14.8 Å². The molecule has 0 aliphatic heterocycles. The molecule has 0 unspecified atom stereocenters. The number of carbonyl (C=O) groups is 1. The van der Waals surface area contributed by atoms with Crippen LogP contribution in [0.2, 0.25) is 0 Å². The smallest absolute Gasteiger partial charge is 0.222 e. The Morgan fingerprint density at radius 2 is 1.86 bits per heavy atom. The van der Waals surface area contributed by atoms with E-state index in [1.165, 1.54) is 18.4 Å². The summed E-state index contributed by atoms with van der Waals surface area (Å²) in [4.78, 5) is 19.8. The average Bonchev–Trinajstić information content (AvgIpc) is 2.43. The lowest BCUT2D eigenvalue weighted by atomic mass is 10.1. The first-order valence-electron chi connectivity index (χ1n) is 7.77. The van der Waals surface area contributed by atoms with Gasteiger partial charge >= 0.3 is 0 Å². The molecule has 4 heteroatoms. The van der Waals surface area contributed by atoms with E-state index in [1.807, 2.05) is 6.20 Å². The summed E-state index contributed by atoms with van der Waals surface area (Å²) < 4.78 is 0. The van der Waals surface area contributed by atoms with Crippen molar-refractivity contribution in [2.45, 2.75) is 38.5 Å². The van der Waals surface area contributed by atoms with E-state index in [1.54, 1.807) is 19.0 Å². The van der Waals surface area contributed by atoms with E-state index in [4.69, 9.17) is 0 Å². The van der Waals surface area contributed by atoms with E-state index in [0.717, 1.165) is 31.5 Å². The van der Waals surface area contributed by atoms with Crippen molar-refractivity contribution in [2.24, 2.45) is 0 Å². The number of aromatic nitrogens is 1. The fourth-order valence-corrected chi connectivity index (χ4v) is 2.22. The Balaban J connectivity index is 2.33. The second-order valence-corrected chi connectivity index (χ2v) is 6.06. The molecule has 1 aromatic rings. The minimum Gasteiger partial charge on any atom is -0.349 e. The van der Waals surface area contributed by atoms with E-state index in [-0.39, 0.29) is 5.91 Å². The molecule has 0 spiro atoms. The largest absolute Gasteiger partial charge is 0.349 e. The number of aryl methyl sites for hydroxylation is 2. The van der Waals surface area contributed by atoms with E-state index in [2.05, 4.69) is 36.1 Å². The van der Waals surface area contributed by atoms with Gasteiger partial charge in [-0.05, 0) is 70.4 Å². The highest BCUT2D eigenvalue weighted by atomic mass is 16.2. The van der Waals surface area contributed by atoms with Crippen LogP contribution in [0.4, 0.5) is 0 Å². The molecular weight excluding hydrogens is 262 g/mol. The third-order valence-corrected chi connectivity index (χ3v) is 3.52. The van der Waals surface area contributed by atoms with Crippen molar-refractivity contribution in [2.75, 3.05) is 34.7 Å². The zero-order chi connectivity index (χ0) is 15.7. The lowest BCUT2D eigenvalue weighted by Gasteiger charge is -2.10. The van der Waals surface area contributed by atoms with Gasteiger partial charge in [-0.2, -0.15) is 0 Å². The molecule has 0 N–H and O–H groups in total. The summed E-state index contributed by atoms with van der Waals surface area (Å²) in [5.41, 5.74) is 2.46. The van der Waals surface area contributed by atoms with E-state index in [9.17, 15) is 4.79 Å². The number of hydrogen-bond acceptors (Lipinski definition) is 3. The quantitative estimate of drug-likeness (QED) is 0.655. The summed E-state index contributed by atoms with van der Waals surface area (Å²) in [7, 11) is 7.82. The van der Waals surface area contributed by atoms with Crippen molar-refractivity contribution in [3.8, 4) is 0 Å². The van der Waals surface area contributed by atoms with Gasteiger partial charge in [0.25, 0.3) is 0 Å². The van der Waals surface area contributed by atoms with Gasteiger partial charge < -0.3 is 9.80 Å². The van der Waals surface area contributed by atoms with Crippen LogP contribution >= 0.6 is 0 Å². The SMILES string of the molecule is CN(C)CCCCc1ccnc(CCCC(=O)N(C)C)c1. The second-order valence-electron chi connectivity index (χ2n) is 6.06. The standard InChI is InChI=1S/C17H29N3O/c1-19(2)13-6-5-8-15-11-12-18-16(14-15)9-7-10-17(21)20(3)4/h11-12,14H,5-10,13H2,1-4H3. The van der Waals surface area contributed by atoms with Gasteiger partial charge in [0.1, 0.15) is 0 Å². The van der Waals surface area contributed by atoms with E-state index < -0.39 is 0 Å². The Hall–Kier alpha value is -1.42. The zero-order valence-corrected chi connectivity index (χ0v) is 13.9. The Labute approximate surface area is 129 Å². The maximum Gasteiger partial charge on any atom is 0.222 e. The van der Waals surface area contributed by atoms with Crippen molar-refractivity contribution in [1.29, 1.82) is 0 Å². The van der Waals surface area contributed by atoms with Crippen LogP contribution in [0.3, 0.4) is 0 Å². The second kappa shape index (κ2) is 9.50. The topological polar surface area (TPSA) is 36.4 Å². The molecule has 1 rings (SSSR count). The third-order valence-electron chi connectivity index (χ3n) is 3.52. The minimum atomic E-state index is 0.190. The molecule has 0 saturated heterocycles. The fraction of sp³-hybridized carbons (Fsp3) is 0.647. The van der Waals surface area contributed by atoms with Gasteiger partial charge in [0.15, 0.2) is 0 Å². The van der Waals surface area contributed by atoms with Gasteiger partial charge in [-0.15, -0.1) is 0 Å². The molecular formula is C17H29N3O. The minimum absolute atomic E-state index is 0.190. The zero-order valence-electron chi connectivity index (χ0n) is 13.9. The fourth-order valence-electron chi connectivity index (χ4n) is 2.22. The number of nitrogens with zero attached hydrogens (tertiary/aromatic N) is 3. The summed E-state index contributed by atoms with van der Waals surface area (Å²) in [5, 5.41) is 0. The Morgan fingerprint density at radius 3 is 2.52 bits per heavy atom. The van der Waals surface area contributed by atoms with Gasteiger partial charge in [-0.25, -0.2) is 0 Å². The molecule has 0 aliphatic rings. The Kier molecular flexibility index (Phi) is 7.98. The molecule has 0 aliphatic carbocycles. The summed E-state index contributed by atoms with van der Waals surface area (Å²) in [6.07, 6.45) is 7.79. The number of carbonyl (C=O) groups excluding carboxylic acids is 1. The average molecular weight is 291 g/mol. The lowest BCUT2D eigenvalue weighted by molar-refractivity contribution is -0.128. The number of rotatable bonds is 9. The van der Waals surface area contributed by atoms with Crippen LogP contribution in [-0.4, -0.2) is 55.4 Å². The van der Waals surface area contributed by atoms with Gasteiger partial charge in [0.05, 0.1) is 0 Å². The Morgan fingerprint density at radius 1 is 1.10 bits per heavy atom. The highest BCUT2D eigenvalue weighted by Gasteiger charge is 2.04. The van der Waals surface area contributed by atoms with Crippen LogP contribution in [0.1, 0.15) is 36.9 Å². The molecule has 0 atom stereocenters. The molecule has 0 radical (unpaired) electrons. The molecule has 0 saturated carbocycles. The molecule has 118 valence electrons. The predicted octanol–water partition coefficient (Wildman–Crippen LogP) is 2.38. The molecule has 21 heavy (non-hydrogen) atoms. The molecule has 1 amide bonds. The maximum absolute atomic E-state index is 11.5. The molecule has 0 bridgehead atoms. The lowest BCUT2D eigenvalue weighted by Crippen LogP contribution is -2.21. The van der Waals surface area contributed by atoms with Crippen LogP contribution in [0.25, 0.3) is 0 Å². The summed E-state index contributed by atoms with van der Waals surface area (Å²) >= 11 is 0. The van der Waals surface area contributed by atoms with Crippen molar-refractivity contribution < 1.29 is 4.79 Å². The van der Waals surface area contributed by atoms with Gasteiger partial charge in [-0.1, -0.05) is 0 Å².